The molecule has 0 aromatic carbocycles. The van der Waals surface area contributed by atoms with Crippen LogP contribution >= 0.6 is 7.14 Å². The van der Waals surface area contributed by atoms with Gasteiger partial charge in [0.15, 0.2) is 5.44 Å². The minimum absolute atomic E-state index is 0.149. The molecule has 1 unspecified atom stereocenters. The predicted molar refractivity (Wildman–Crippen MR) is 78.6 cm³/mol. The van der Waals surface area contributed by atoms with Crippen molar-refractivity contribution in [3.05, 3.63) is 24.4 Å². The average Bonchev–Trinajstić information content (AvgIpc) is 2.81. The minimum Gasteiger partial charge on any atom is -0.224 e. The first-order valence-corrected chi connectivity index (χ1v) is 8.48. The summed E-state index contributed by atoms with van der Waals surface area (Å²) in [5.41, 5.74) is 1.84. The van der Waals surface area contributed by atoms with Gasteiger partial charge in [-0.05, 0) is 58.6 Å². The van der Waals surface area contributed by atoms with E-state index in [4.69, 9.17) is 7.57 Å². The highest BCUT2D eigenvalue weighted by molar-refractivity contribution is 8.04. The number of aromatic nitrogens is 1. The van der Waals surface area contributed by atoms with E-state index in [1.54, 1.807) is 0 Å². The van der Waals surface area contributed by atoms with Crippen LogP contribution in [0.4, 0.5) is 0 Å². The van der Waals surface area contributed by atoms with E-state index in [1.807, 2.05) is 12.3 Å². The highest BCUT2D eigenvalue weighted by Crippen LogP contribution is 2.69. The topological polar surface area (TPSA) is 12.9 Å². The number of hydrogen-bond donors (Lipinski definition) is 0. The molecule has 1 heterocycles. The van der Waals surface area contributed by atoms with Crippen LogP contribution in [-0.4, -0.2) is 23.4 Å². The fourth-order valence-electron chi connectivity index (χ4n) is 2.96. The van der Waals surface area contributed by atoms with Crippen LogP contribution in [0.2, 0.25) is 0 Å². The molecule has 0 amide bonds. The van der Waals surface area contributed by atoms with Gasteiger partial charge in [-0.2, -0.15) is 0 Å². The number of hydrogen-bond acceptors (Lipinski definition) is 1. The Kier molecular flexibility index (Phi) is 3.64. The van der Waals surface area contributed by atoms with Crippen molar-refractivity contribution in [1.29, 1.82) is 0 Å². The van der Waals surface area contributed by atoms with Crippen molar-refractivity contribution in [2.75, 3.05) is 0 Å². The van der Waals surface area contributed by atoms with Gasteiger partial charge in [0.25, 0.3) is 0 Å². The summed E-state index contributed by atoms with van der Waals surface area (Å²) in [7, 11) is 5.29. The molecule has 90 valence electrons. The van der Waals surface area contributed by atoms with Gasteiger partial charge in [0, 0.05) is 13.3 Å². The van der Waals surface area contributed by atoms with Gasteiger partial charge < -0.3 is 0 Å². The summed E-state index contributed by atoms with van der Waals surface area (Å²) in [5.74, 6) is 0. The molecule has 1 aromatic rings. The smallest absolute Gasteiger partial charge is 0.224 e. The van der Waals surface area contributed by atoms with E-state index >= 15 is 0 Å². The van der Waals surface area contributed by atoms with Gasteiger partial charge in [-0.3, -0.25) is 0 Å². The quantitative estimate of drug-likeness (QED) is 0.574. The van der Waals surface area contributed by atoms with Crippen molar-refractivity contribution in [3.8, 4) is 0 Å². The second kappa shape index (κ2) is 4.73. The Morgan fingerprint density at radius 2 is 1.88 bits per heavy atom. The highest BCUT2D eigenvalue weighted by Gasteiger charge is 2.53. The molecule has 0 spiro atoms. The molecule has 1 nitrogen and oxygen atoms in total. The summed E-state index contributed by atoms with van der Waals surface area (Å²) in [6.45, 7) is 6.86. The number of pyridine rings is 1. The normalized spacial score (nSPS) is 21.4. The Balaban J connectivity index is 2.44. The molecule has 1 aromatic heterocycles. The summed E-state index contributed by atoms with van der Waals surface area (Å²) in [4.78, 5) is 4.59. The first-order valence-electron chi connectivity index (χ1n) is 6.55. The highest BCUT2D eigenvalue weighted by atomic mass is 31.2. The summed E-state index contributed by atoms with van der Waals surface area (Å²) >= 11 is 0. The molecule has 2 radical (unpaired) electrons. The Labute approximate surface area is 107 Å². The van der Waals surface area contributed by atoms with Gasteiger partial charge in [0.1, 0.15) is 0 Å². The van der Waals surface area contributed by atoms with Crippen LogP contribution < -0.4 is 5.44 Å². The van der Waals surface area contributed by atoms with Crippen molar-refractivity contribution in [2.45, 2.75) is 57.3 Å². The third-order valence-electron chi connectivity index (χ3n) is 4.04. The maximum Gasteiger partial charge on any atom is 0.373 e. The summed E-state index contributed by atoms with van der Waals surface area (Å²) < 4.78 is 0. The van der Waals surface area contributed by atoms with Crippen LogP contribution in [0.15, 0.2) is 24.4 Å². The number of nitrogens with zero attached hydrogens (tertiary/aromatic N) is 1. The van der Waals surface area contributed by atoms with Gasteiger partial charge in [-0.1, -0.05) is 6.07 Å². The lowest BCUT2D eigenvalue weighted by Crippen LogP contribution is -2.36. The van der Waals surface area contributed by atoms with Crippen molar-refractivity contribution in [3.63, 3.8) is 0 Å². The average molecular weight is 246 g/mol. The van der Waals surface area contributed by atoms with Crippen molar-refractivity contribution < 1.29 is 0 Å². The Morgan fingerprint density at radius 3 is 2.35 bits per heavy atom. The summed E-state index contributed by atoms with van der Waals surface area (Å²) in [6, 6.07) is 6.19. The Bertz CT molecular complexity index is 368. The zero-order valence-electron chi connectivity index (χ0n) is 11.2. The summed E-state index contributed by atoms with van der Waals surface area (Å²) in [6.07, 6.45) is 7.15. The molecule has 0 bridgehead atoms. The molecule has 1 fully saturated rings. The van der Waals surface area contributed by atoms with Crippen LogP contribution in [0.1, 0.15) is 46.5 Å². The van der Waals surface area contributed by atoms with Crippen molar-refractivity contribution in [2.24, 2.45) is 0 Å². The molecule has 1 saturated carbocycles. The van der Waals surface area contributed by atoms with Crippen LogP contribution in [0.25, 0.3) is 0 Å². The van der Waals surface area contributed by atoms with Gasteiger partial charge in [-0.15, -0.1) is 0 Å². The van der Waals surface area contributed by atoms with E-state index in [0.717, 1.165) is 0 Å². The van der Waals surface area contributed by atoms with Gasteiger partial charge in [0.2, 0.25) is 0 Å². The standard InChI is InChI=1S/C14H22BNP/c1-14(2,3)17(15,12-8-4-5-9-12)13-10-6-7-11-16-13/h6-7,10-12H,4-5,8-9H2,1-3H3/q+1. The third kappa shape index (κ3) is 2.29. The zero-order chi connectivity index (χ0) is 12.5. The lowest BCUT2D eigenvalue weighted by Gasteiger charge is -2.39. The van der Waals surface area contributed by atoms with E-state index in [9.17, 15) is 0 Å². The lowest BCUT2D eigenvalue weighted by molar-refractivity contribution is 0.751. The SMILES string of the molecule is [B][P+](c1ccccn1)(C1CCCC1)C(C)(C)C. The van der Waals surface area contributed by atoms with E-state index in [0.29, 0.717) is 5.66 Å². The van der Waals surface area contributed by atoms with E-state index < -0.39 is 7.14 Å². The lowest BCUT2D eigenvalue weighted by atomic mass is 10.2. The molecule has 0 aliphatic heterocycles. The van der Waals surface area contributed by atoms with Crippen molar-refractivity contribution in [1.82, 2.24) is 4.98 Å². The van der Waals surface area contributed by atoms with Gasteiger partial charge in [0.05, 0.1) is 10.8 Å². The van der Waals surface area contributed by atoms with Crippen LogP contribution in [0, 0.1) is 0 Å². The molecule has 3 heteroatoms. The second-order valence-electron chi connectivity index (χ2n) is 6.07. The van der Waals surface area contributed by atoms with Crippen LogP contribution in [-0.2, 0) is 0 Å². The largest absolute Gasteiger partial charge is 0.373 e. The molecule has 1 aliphatic carbocycles. The monoisotopic (exact) mass is 246 g/mol. The molecule has 0 saturated heterocycles. The minimum atomic E-state index is -1.66. The van der Waals surface area contributed by atoms with E-state index in [1.165, 1.54) is 31.1 Å². The molecule has 2 rings (SSSR count). The maximum atomic E-state index is 6.95. The fourth-order valence-corrected chi connectivity index (χ4v) is 6.89. The zero-order valence-corrected chi connectivity index (χ0v) is 12.1. The Hall–Kier alpha value is -0.355. The van der Waals surface area contributed by atoms with E-state index in [2.05, 4.69) is 37.9 Å². The molecular weight excluding hydrogens is 224 g/mol. The molecule has 17 heavy (non-hydrogen) atoms. The molecule has 1 atom stereocenters. The first-order chi connectivity index (χ1) is 7.96. The van der Waals surface area contributed by atoms with Gasteiger partial charge in [-0.25, -0.2) is 4.98 Å². The number of rotatable bonds is 2. The van der Waals surface area contributed by atoms with E-state index in [-0.39, 0.29) is 5.16 Å². The van der Waals surface area contributed by atoms with Crippen molar-refractivity contribution >= 4 is 20.1 Å². The van der Waals surface area contributed by atoms with Crippen LogP contribution in [0.5, 0.6) is 0 Å². The molecule has 0 N–H and O–H groups in total. The maximum absolute atomic E-state index is 6.95. The molecular formula is C14H22BNP+. The first kappa shape index (κ1) is 13.1. The predicted octanol–water partition coefficient (Wildman–Crippen LogP) is 3.55. The molecule has 1 aliphatic rings. The third-order valence-corrected chi connectivity index (χ3v) is 8.95. The summed E-state index contributed by atoms with van der Waals surface area (Å²) in [5, 5.41) is 0.149. The van der Waals surface area contributed by atoms with Gasteiger partial charge >= 0.3 is 7.57 Å². The second-order valence-corrected chi connectivity index (χ2v) is 10.2. The Morgan fingerprint density at radius 1 is 1.24 bits per heavy atom. The van der Waals surface area contributed by atoms with Crippen LogP contribution in [0.3, 0.4) is 0 Å². The fraction of sp³-hybridized carbons (Fsp3) is 0.643.